The Kier molecular flexibility index (Phi) is 4.25. The number of carbonyl (C=O) groups is 2. The van der Waals surface area contributed by atoms with E-state index in [4.69, 9.17) is 16.7 Å². The number of halogens is 2. The lowest BCUT2D eigenvalue weighted by atomic mass is 10.2. The number of hydrogen-bond donors (Lipinski definition) is 2. The van der Waals surface area contributed by atoms with E-state index in [0.29, 0.717) is 0 Å². The van der Waals surface area contributed by atoms with Gasteiger partial charge < -0.3 is 10.4 Å². The van der Waals surface area contributed by atoms with Gasteiger partial charge in [0.25, 0.3) is 5.91 Å². The predicted octanol–water partition coefficient (Wildman–Crippen LogP) is 1.68. The minimum Gasteiger partial charge on any atom is -0.481 e. The monoisotopic (exact) mass is 245 g/mol. The zero-order valence-corrected chi connectivity index (χ0v) is 8.92. The summed E-state index contributed by atoms with van der Waals surface area (Å²) in [5.41, 5.74) is -0.158. The van der Waals surface area contributed by atoms with E-state index in [9.17, 15) is 14.0 Å². The highest BCUT2D eigenvalue weighted by Crippen LogP contribution is 2.14. The van der Waals surface area contributed by atoms with Gasteiger partial charge >= 0.3 is 5.97 Å². The van der Waals surface area contributed by atoms with Crippen molar-refractivity contribution in [2.45, 2.75) is 6.42 Å². The number of rotatable bonds is 4. The Bertz CT molecular complexity index is 423. The molecule has 0 fully saturated rings. The summed E-state index contributed by atoms with van der Waals surface area (Å²) in [6.45, 7) is -0.0454. The number of carbonyl (C=O) groups excluding carboxylic acids is 1. The van der Waals surface area contributed by atoms with Crippen LogP contribution in [0.4, 0.5) is 4.39 Å². The van der Waals surface area contributed by atoms with E-state index in [1.807, 2.05) is 0 Å². The van der Waals surface area contributed by atoms with Crippen LogP contribution in [0.1, 0.15) is 16.8 Å². The summed E-state index contributed by atoms with van der Waals surface area (Å²) < 4.78 is 13.2. The van der Waals surface area contributed by atoms with Crippen molar-refractivity contribution >= 4 is 23.5 Å². The Balaban J connectivity index is 2.63. The summed E-state index contributed by atoms with van der Waals surface area (Å²) in [5.74, 6) is -2.42. The summed E-state index contributed by atoms with van der Waals surface area (Å²) in [6.07, 6.45) is -0.207. The first-order valence-electron chi connectivity index (χ1n) is 4.45. The van der Waals surface area contributed by atoms with Crippen LogP contribution in [0, 0.1) is 5.82 Å². The second-order valence-corrected chi connectivity index (χ2v) is 3.46. The highest BCUT2D eigenvalue weighted by atomic mass is 35.5. The van der Waals surface area contributed by atoms with Crippen LogP contribution >= 0.6 is 11.6 Å². The van der Waals surface area contributed by atoms with Crippen LogP contribution in [0.3, 0.4) is 0 Å². The van der Waals surface area contributed by atoms with Gasteiger partial charge in [-0.2, -0.15) is 0 Å². The maximum Gasteiger partial charge on any atom is 0.305 e. The van der Waals surface area contributed by atoms with Crippen LogP contribution in [0.25, 0.3) is 0 Å². The largest absolute Gasteiger partial charge is 0.481 e. The normalized spacial score (nSPS) is 9.88. The first kappa shape index (κ1) is 12.4. The number of aliphatic carboxylic acids is 1. The predicted molar refractivity (Wildman–Crippen MR) is 56.0 cm³/mol. The molecule has 0 aromatic heterocycles. The van der Waals surface area contributed by atoms with Gasteiger partial charge in [-0.1, -0.05) is 11.6 Å². The number of benzene rings is 1. The number of hydrogen-bond acceptors (Lipinski definition) is 2. The summed E-state index contributed by atoms with van der Waals surface area (Å²) in [4.78, 5) is 21.6. The van der Waals surface area contributed by atoms with Crippen LogP contribution in [0.15, 0.2) is 18.2 Å². The van der Waals surface area contributed by atoms with Crippen LogP contribution in [-0.2, 0) is 4.79 Å². The molecule has 1 amide bonds. The van der Waals surface area contributed by atoms with Crippen LogP contribution in [0.5, 0.6) is 0 Å². The number of nitrogens with one attached hydrogen (secondary N) is 1. The molecule has 0 heterocycles. The molecule has 0 radical (unpaired) electrons. The minimum atomic E-state index is -1.03. The first-order valence-corrected chi connectivity index (χ1v) is 4.83. The third-order valence-corrected chi connectivity index (χ3v) is 2.04. The third kappa shape index (κ3) is 3.51. The summed E-state index contributed by atoms with van der Waals surface area (Å²) in [7, 11) is 0. The van der Waals surface area contributed by atoms with Crippen molar-refractivity contribution in [3.63, 3.8) is 0 Å². The Morgan fingerprint density at radius 1 is 1.44 bits per heavy atom. The van der Waals surface area contributed by atoms with Crippen molar-refractivity contribution in [3.05, 3.63) is 34.6 Å². The Morgan fingerprint density at radius 2 is 2.12 bits per heavy atom. The topological polar surface area (TPSA) is 66.4 Å². The fourth-order valence-electron chi connectivity index (χ4n) is 1.05. The van der Waals surface area contributed by atoms with Gasteiger partial charge in [-0.25, -0.2) is 4.39 Å². The fourth-order valence-corrected chi connectivity index (χ4v) is 1.21. The van der Waals surface area contributed by atoms with Crippen molar-refractivity contribution in [3.8, 4) is 0 Å². The van der Waals surface area contributed by atoms with E-state index in [0.717, 1.165) is 6.07 Å². The van der Waals surface area contributed by atoms with Gasteiger partial charge in [0.15, 0.2) is 0 Å². The fraction of sp³-hybridized carbons (Fsp3) is 0.200. The molecular weight excluding hydrogens is 237 g/mol. The van der Waals surface area contributed by atoms with Gasteiger partial charge in [-0.05, 0) is 18.2 Å². The van der Waals surface area contributed by atoms with Gasteiger partial charge in [-0.3, -0.25) is 9.59 Å². The van der Waals surface area contributed by atoms with Crippen molar-refractivity contribution in [2.24, 2.45) is 0 Å². The van der Waals surface area contributed by atoms with Gasteiger partial charge in [0.05, 0.1) is 12.0 Å². The van der Waals surface area contributed by atoms with Crippen molar-refractivity contribution in [1.82, 2.24) is 5.32 Å². The van der Waals surface area contributed by atoms with Gasteiger partial charge in [0.1, 0.15) is 5.82 Å². The molecule has 2 N–H and O–H groups in total. The average molecular weight is 246 g/mol. The van der Waals surface area contributed by atoms with Crippen LogP contribution < -0.4 is 5.32 Å². The average Bonchev–Trinajstić information content (AvgIpc) is 2.16. The molecule has 0 aliphatic carbocycles. The van der Waals surface area contributed by atoms with Crippen LogP contribution in [0.2, 0.25) is 5.02 Å². The smallest absolute Gasteiger partial charge is 0.305 e. The Morgan fingerprint density at radius 3 is 2.69 bits per heavy atom. The third-order valence-electron chi connectivity index (χ3n) is 1.80. The number of carboxylic acid groups (broad SMARTS) is 1. The lowest BCUT2D eigenvalue weighted by Crippen LogP contribution is -2.26. The quantitative estimate of drug-likeness (QED) is 0.848. The summed E-state index contributed by atoms with van der Waals surface area (Å²) >= 11 is 5.52. The van der Waals surface area contributed by atoms with Gasteiger partial charge in [0.2, 0.25) is 0 Å². The van der Waals surface area contributed by atoms with Gasteiger partial charge in [0, 0.05) is 11.6 Å². The SMILES string of the molecule is O=C(O)CCNC(=O)c1ccc(Cl)cc1F. The molecule has 16 heavy (non-hydrogen) atoms. The molecule has 6 heteroatoms. The van der Waals surface area contributed by atoms with Crippen LogP contribution in [-0.4, -0.2) is 23.5 Å². The lowest BCUT2D eigenvalue weighted by Gasteiger charge is -2.04. The summed E-state index contributed by atoms with van der Waals surface area (Å²) in [5, 5.41) is 10.8. The highest BCUT2D eigenvalue weighted by molar-refractivity contribution is 6.30. The molecule has 86 valence electrons. The summed E-state index contributed by atoms with van der Waals surface area (Å²) in [6, 6.07) is 3.65. The molecule has 1 aromatic carbocycles. The second-order valence-electron chi connectivity index (χ2n) is 3.02. The minimum absolute atomic E-state index is 0.0454. The maximum atomic E-state index is 13.2. The van der Waals surface area contributed by atoms with E-state index in [2.05, 4.69) is 5.32 Å². The zero-order valence-electron chi connectivity index (χ0n) is 8.17. The molecule has 0 aliphatic heterocycles. The Hall–Kier alpha value is -1.62. The molecule has 4 nitrogen and oxygen atoms in total. The molecule has 1 rings (SSSR count). The molecule has 0 atom stereocenters. The lowest BCUT2D eigenvalue weighted by molar-refractivity contribution is -0.136. The molecule has 0 saturated carbocycles. The molecule has 0 spiro atoms. The molecule has 0 unspecified atom stereocenters. The molecule has 1 aromatic rings. The van der Waals surface area contributed by atoms with Crippen molar-refractivity contribution in [2.75, 3.05) is 6.54 Å². The van der Waals surface area contributed by atoms with Crippen molar-refractivity contribution < 1.29 is 19.1 Å². The standard InChI is InChI=1S/C10H9ClFNO3/c11-6-1-2-7(8(12)5-6)10(16)13-4-3-9(14)15/h1-2,5H,3-4H2,(H,13,16)(H,14,15). The van der Waals surface area contributed by atoms with E-state index in [1.54, 1.807) is 0 Å². The van der Waals surface area contributed by atoms with E-state index < -0.39 is 17.7 Å². The highest BCUT2D eigenvalue weighted by Gasteiger charge is 2.11. The van der Waals surface area contributed by atoms with E-state index in [-0.39, 0.29) is 23.6 Å². The van der Waals surface area contributed by atoms with E-state index in [1.165, 1.54) is 12.1 Å². The zero-order chi connectivity index (χ0) is 12.1. The Labute approximate surface area is 96.0 Å². The second kappa shape index (κ2) is 5.46. The molecule has 0 aliphatic rings. The molecule has 0 saturated heterocycles. The molecule has 0 bridgehead atoms. The van der Waals surface area contributed by atoms with Crippen molar-refractivity contribution in [1.29, 1.82) is 0 Å². The van der Waals surface area contributed by atoms with E-state index >= 15 is 0 Å². The number of amides is 1. The number of carboxylic acids is 1. The molecular formula is C10H9ClFNO3. The maximum absolute atomic E-state index is 13.2. The first-order chi connectivity index (χ1) is 7.50. The van der Waals surface area contributed by atoms with Gasteiger partial charge in [-0.15, -0.1) is 0 Å².